The number of para-hydroxylation sites is 2. The van der Waals surface area contributed by atoms with Crippen molar-refractivity contribution in [1.29, 1.82) is 0 Å². The highest BCUT2D eigenvalue weighted by atomic mass is 14.9. The quantitative estimate of drug-likeness (QED) is 0.159. The molecule has 2 aliphatic carbocycles. The Morgan fingerprint density at radius 1 is 0.303 bits per heavy atom. The minimum Gasteiger partial charge on any atom is -0.355 e. The fraction of sp³-hybridized carbons (Fsp3) is 0.156. The molecule has 0 spiro atoms. The van der Waals surface area contributed by atoms with Crippen molar-refractivity contribution in [2.75, 3.05) is 10.6 Å². The van der Waals surface area contributed by atoms with Crippen LogP contribution < -0.4 is 10.6 Å². The lowest BCUT2D eigenvalue weighted by Gasteiger charge is -2.26. The number of rotatable bonds is 8. The van der Waals surface area contributed by atoms with E-state index >= 15 is 0 Å². The lowest BCUT2D eigenvalue weighted by Crippen LogP contribution is -2.17. The lowest BCUT2D eigenvalue weighted by atomic mass is 9.80. The molecule has 2 N–H and O–H groups in total. The molecule has 0 amide bonds. The minimum atomic E-state index is -0.234. The van der Waals surface area contributed by atoms with Gasteiger partial charge in [0.15, 0.2) is 0 Å². The summed E-state index contributed by atoms with van der Waals surface area (Å²) in [6, 6.07) is 73.8. The summed E-state index contributed by atoms with van der Waals surface area (Å²) in [5, 5.41) is 7.93. The van der Waals surface area contributed by atoms with Gasteiger partial charge in [-0.05, 0) is 131 Å². The van der Waals surface area contributed by atoms with Crippen LogP contribution in [0.15, 0.2) is 200 Å². The first-order valence-corrected chi connectivity index (χ1v) is 23.4. The molecule has 0 fully saturated rings. The molecule has 0 bridgehead atoms. The summed E-state index contributed by atoms with van der Waals surface area (Å²) in [7, 11) is 0. The van der Waals surface area contributed by atoms with Gasteiger partial charge in [0.05, 0.1) is 0 Å². The first kappa shape index (κ1) is 41.3. The molecule has 2 nitrogen and oxygen atoms in total. The molecule has 0 atom stereocenters. The Labute approximate surface area is 391 Å². The summed E-state index contributed by atoms with van der Waals surface area (Å²) < 4.78 is 0. The summed E-state index contributed by atoms with van der Waals surface area (Å²) in [5.74, 6) is 0. The largest absolute Gasteiger partial charge is 0.355 e. The highest BCUT2D eigenvalue weighted by molar-refractivity contribution is 5.94. The van der Waals surface area contributed by atoms with Gasteiger partial charge < -0.3 is 10.6 Å². The van der Waals surface area contributed by atoms with E-state index in [1.165, 1.54) is 94.6 Å². The number of benzene rings is 9. The molecule has 2 aliphatic rings. The van der Waals surface area contributed by atoms with Crippen LogP contribution in [0.2, 0.25) is 0 Å². The predicted octanol–water partition coefficient (Wildman–Crippen LogP) is 17.8. The summed E-state index contributed by atoms with van der Waals surface area (Å²) in [4.78, 5) is 0. The van der Waals surface area contributed by atoms with Crippen LogP contribution in [0.25, 0.3) is 66.8 Å². The van der Waals surface area contributed by atoms with Gasteiger partial charge in [-0.15, -0.1) is 0 Å². The topological polar surface area (TPSA) is 24.1 Å². The fourth-order valence-corrected chi connectivity index (χ4v) is 11.0. The van der Waals surface area contributed by atoms with Gasteiger partial charge in [0.1, 0.15) is 0 Å². The summed E-state index contributed by atoms with van der Waals surface area (Å²) in [6.45, 7) is 16.3. The molecule has 0 heterocycles. The monoisotopic (exact) mass is 852 g/mol. The van der Waals surface area contributed by atoms with Crippen molar-refractivity contribution in [3.63, 3.8) is 0 Å². The van der Waals surface area contributed by atoms with Crippen molar-refractivity contribution in [1.82, 2.24) is 0 Å². The molecule has 0 unspecified atom stereocenters. The fourth-order valence-electron chi connectivity index (χ4n) is 11.0. The zero-order valence-corrected chi connectivity index (χ0v) is 39.1. The smallest absolute Gasteiger partial charge is 0.0463 e. The highest BCUT2D eigenvalue weighted by Crippen LogP contribution is 2.55. The third-order valence-electron chi connectivity index (χ3n) is 14.4. The van der Waals surface area contributed by atoms with Crippen molar-refractivity contribution >= 4 is 22.7 Å². The summed E-state index contributed by atoms with van der Waals surface area (Å²) >= 11 is 0. The number of hydrogen-bond acceptors (Lipinski definition) is 2. The third-order valence-corrected chi connectivity index (χ3v) is 14.4. The first-order chi connectivity index (χ1) is 31.9. The Bertz CT molecular complexity index is 3330. The van der Waals surface area contributed by atoms with E-state index in [0.717, 1.165) is 22.7 Å². The molecular weight excluding hydrogens is 797 g/mol. The van der Waals surface area contributed by atoms with E-state index in [1.54, 1.807) is 0 Å². The maximum absolute atomic E-state index is 4.00. The second kappa shape index (κ2) is 15.6. The third kappa shape index (κ3) is 6.95. The van der Waals surface area contributed by atoms with E-state index in [1.807, 2.05) is 0 Å². The van der Waals surface area contributed by atoms with Crippen LogP contribution in [-0.4, -0.2) is 0 Å². The Morgan fingerprint density at radius 2 is 0.773 bits per heavy atom. The van der Waals surface area contributed by atoms with Crippen molar-refractivity contribution in [2.24, 2.45) is 0 Å². The zero-order chi connectivity index (χ0) is 45.4. The van der Waals surface area contributed by atoms with Crippen molar-refractivity contribution in [3.05, 3.63) is 228 Å². The highest BCUT2D eigenvalue weighted by Gasteiger charge is 2.39. The molecule has 2 heteroatoms. The standard InChI is InChI=1S/C64H56N2/c1-62(2,3)47-34-31-42(32-35-47)49-24-13-15-28-56(49)65-58-30-18-26-52-51-36-33-45(39-55(51)64(6,7)60(52)58)43-21-17-22-44(37-43)46-38-53-50-25-11-14-27-54(50)63(4,5)61(53)59(40-46)66-57-29-16-12-23-48(57)41-19-9-8-10-20-41/h8-40,65-66H,1-7H3. The van der Waals surface area contributed by atoms with Crippen molar-refractivity contribution in [3.8, 4) is 66.8 Å². The molecule has 0 saturated heterocycles. The Balaban J connectivity index is 0.955. The van der Waals surface area contributed by atoms with Crippen LogP contribution in [0.1, 0.15) is 76.3 Å². The molecule has 66 heavy (non-hydrogen) atoms. The number of hydrogen-bond donors (Lipinski definition) is 2. The van der Waals surface area contributed by atoms with Crippen molar-refractivity contribution in [2.45, 2.75) is 64.7 Å². The van der Waals surface area contributed by atoms with Gasteiger partial charge in [0.2, 0.25) is 0 Å². The number of fused-ring (bicyclic) bond motifs is 6. The van der Waals surface area contributed by atoms with Crippen LogP contribution >= 0.6 is 0 Å². The average molecular weight is 853 g/mol. The molecule has 0 saturated carbocycles. The predicted molar refractivity (Wildman–Crippen MR) is 281 cm³/mol. The van der Waals surface area contributed by atoms with Crippen molar-refractivity contribution < 1.29 is 0 Å². The van der Waals surface area contributed by atoms with E-state index in [2.05, 4.69) is 259 Å². The van der Waals surface area contributed by atoms with E-state index in [9.17, 15) is 0 Å². The van der Waals surface area contributed by atoms with E-state index in [4.69, 9.17) is 0 Å². The van der Waals surface area contributed by atoms with Crippen LogP contribution in [0.4, 0.5) is 22.7 Å². The van der Waals surface area contributed by atoms with Gasteiger partial charge >= 0.3 is 0 Å². The van der Waals surface area contributed by atoms with Crippen LogP contribution in [0, 0.1) is 0 Å². The minimum absolute atomic E-state index is 0.107. The average Bonchev–Trinajstić information content (AvgIpc) is 3.71. The van der Waals surface area contributed by atoms with Gasteiger partial charge in [-0.3, -0.25) is 0 Å². The normalized spacial score (nSPS) is 13.9. The maximum Gasteiger partial charge on any atom is 0.0463 e. The summed E-state index contributed by atoms with van der Waals surface area (Å²) in [6.07, 6.45) is 0. The number of nitrogens with one attached hydrogen (secondary N) is 2. The Hall–Kier alpha value is -7.42. The van der Waals surface area contributed by atoms with Crippen LogP contribution in [-0.2, 0) is 16.2 Å². The van der Waals surface area contributed by atoms with E-state index in [-0.39, 0.29) is 16.2 Å². The summed E-state index contributed by atoms with van der Waals surface area (Å²) in [5.41, 5.74) is 25.7. The van der Waals surface area contributed by atoms with Gasteiger partial charge in [-0.1, -0.05) is 206 Å². The van der Waals surface area contributed by atoms with Crippen LogP contribution in [0.5, 0.6) is 0 Å². The van der Waals surface area contributed by atoms with E-state index < -0.39 is 0 Å². The molecule has 322 valence electrons. The first-order valence-electron chi connectivity index (χ1n) is 23.4. The molecule has 0 aromatic heterocycles. The molecule has 9 aromatic carbocycles. The Morgan fingerprint density at radius 3 is 1.47 bits per heavy atom. The second-order valence-corrected chi connectivity index (χ2v) is 20.3. The van der Waals surface area contributed by atoms with E-state index in [0.29, 0.717) is 0 Å². The molecule has 0 radical (unpaired) electrons. The lowest BCUT2D eigenvalue weighted by molar-refractivity contribution is 0.590. The van der Waals surface area contributed by atoms with Gasteiger partial charge in [0, 0.05) is 44.7 Å². The molecule has 0 aliphatic heterocycles. The SMILES string of the molecule is CC(C)(C)c1ccc(-c2ccccc2Nc2cccc3c2C(C)(C)c2cc(-c4cccc(-c5cc(Nc6ccccc6-c6ccccc6)c6c(c5)-c5ccccc5C6(C)C)c4)ccc2-3)cc1. The maximum atomic E-state index is 4.00. The number of anilines is 4. The molecule has 9 aromatic rings. The zero-order valence-electron chi connectivity index (χ0n) is 39.1. The van der Waals surface area contributed by atoms with Gasteiger partial charge in [-0.25, -0.2) is 0 Å². The second-order valence-electron chi connectivity index (χ2n) is 20.3. The molecule has 11 rings (SSSR count). The Kier molecular flexibility index (Phi) is 9.78. The molecular formula is C64H56N2. The van der Waals surface area contributed by atoms with Crippen LogP contribution in [0.3, 0.4) is 0 Å². The van der Waals surface area contributed by atoms with Gasteiger partial charge in [0.25, 0.3) is 0 Å². The van der Waals surface area contributed by atoms with Gasteiger partial charge in [-0.2, -0.15) is 0 Å².